The Hall–Kier alpha value is -0.610. The maximum Gasteiger partial charge on any atom is 0.490 e. The molecule has 1 aliphatic heterocycles. The fourth-order valence-corrected chi connectivity index (χ4v) is 5.49. The molecule has 0 aromatic carbocycles. The summed E-state index contributed by atoms with van der Waals surface area (Å²) >= 11 is 4.90. The number of aliphatic hydroxyl groups excluding tert-OH is 2. The van der Waals surface area contributed by atoms with Gasteiger partial charge in [-0.2, -0.15) is 8.62 Å². The van der Waals surface area contributed by atoms with Crippen LogP contribution in [0.2, 0.25) is 0 Å². The van der Waals surface area contributed by atoms with Crippen molar-refractivity contribution in [2.75, 3.05) is 6.61 Å². The highest BCUT2D eigenvalue weighted by Crippen LogP contribution is 2.66. The molecule has 1 aliphatic rings. The molecule has 1 fully saturated rings. The Bertz CT molecular complexity index is 1000. The van der Waals surface area contributed by atoms with E-state index in [0.29, 0.717) is 0 Å². The number of phosphoric ester groups is 1. The molecule has 2 rings (SSSR count). The minimum Gasteiger partial charge on any atom is -0.387 e. The first kappa shape index (κ1) is 24.7. The maximum absolute atomic E-state index is 11.7. The smallest absolute Gasteiger partial charge is 0.387 e. The van der Waals surface area contributed by atoms with Crippen LogP contribution in [0.15, 0.2) is 17.1 Å². The number of aromatic amines is 1. The largest absolute Gasteiger partial charge is 0.490 e. The topological polar surface area (TPSA) is 247 Å². The van der Waals surface area contributed by atoms with Gasteiger partial charge in [-0.15, -0.1) is 0 Å². The fraction of sp³-hybridized carbons (Fsp3) is 0.556. The molecule has 4 unspecified atom stereocenters. The molecule has 0 saturated carbocycles. The van der Waals surface area contributed by atoms with E-state index >= 15 is 0 Å². The van der Waals surface area contributed by atoms with Crippen LogP contribution in [-0.4, -0.2) is 64.3 Å². The van der Waals surface area contributed by atoms with Crippen molar-refractivity contribution < 1.29 is 61.4 Å². The van der Waals surface area contributed by atoms with E-state index in [-0.39, 0.29) is 4.77 Å². The summed E-state index contributed by atoms with van der Waals surface area (Å²) in [5.74, 6) is 0. The molecule has 20 heteroatoms. The van der Waals surface area contributed by atoms with Crippen molar-refractivity contribution in [2.24, 2.45) is 0 Å². The van der Waals surface area contributed by atoms with E-state index in [2.05, 4.69) is 18.1 Å². The second-order valence-electron chi connectivity index (χ2n) is 5.45. The molecule has 0 bridgehead atoms. The number of ether oxygens (including phenoxy) is 1. The van der Waals surface area contributed by atoms with Crippen LogP contribution < -0.4 is 5.56 Å². The van der Waals surface area contributed by atoms with Crippen molar-refractivity contribution in [1.29, 1.82) is 0 Å². The Morgan fingerprint density at radius 3 is 2.28 bits per heavy atom. The number of H-pyrrole nitrogens is 1. The quantitative estimate of drug-likeness (QED) is 0.165. The van der Waals surface area contributed by atoms with Crippen LogP contribution in [-0.2, 0) is 31.6 Å². The second kappa shape index (κ2) is 8.86. The Balaban J connectivity index is 2.06. The standard InChI is InChI=1S/C9H15N2O14P3S/c12-5-1-2-11(9(29)10-5)8-7(14)6(13)4(23-8)3-22-27(18,19)25-28(20,21)24-26(15,16)17/h1-2,4,6-8,13-14H,3H2,(H,18,19)(H,20,21)(H,10,12,29)(H2,15,16,17)/t4-,6?,7?,8-/m0/s1. The molecule has 1 saturated heterocycles. The normalized spacial score (nSPS) is 29.3. The van der Waals surface area contributed by atoms with Crippen LogP contribution in [0, 0.1) is 4.77 Å². The summed E-state index contributed by atoms with van der Waals surface area (Å²) < 4.78 is 51.1. The van der Waals surface area contributed by atoms with E-state index in [0.717, 1.165) is 16.8 Å². The van der Waals surface area contributed by atoms with Crippen molar-refractivity contribution in [3.63, 3.8) is 0 Å². The molecular weight excluding hydrogens is 485 g/mol. The summed E-state index contributed by atoms with van der Waals surface area (Å²) in [7, 11) is -16.7. The Morgan fingerprint density at radius 1 is 1.10 bits per heavy atom. The van der Waals surface area contributed by atoms with Crippen LogP contribution in [0.4, 0.5) is 0 Å². The van der Waals surface area contributed by atoms with Gasteiger partial charge in [0.2, 0.25) is 0 Å². The molecule has 0 amide bonds. The molecule has 2 heterocycles. The van der Waals surface area contributed by atoms with E-state index in [1.54, 1.807) is 0 Å². The lowest BCUT2D eigenvalue weighted by atomic mass is 10.1. The van der Waals surface area contributed by atoms with Gasteiger partial charge in [0.25, 0.3) is 5.56 Å². The van der Waals surface area contributed by atoms with Gasteiger partial charge in [0.15, 0.2) is 11.0 Å². The number of phosphoric acid groups is 3. The van der Waals surface area contributed by atoms with Crippen molar-refractivity contribution in [1.82, 2.24) is 9.55 Å². The van der Waals surface area contributed by atoms with Crippen LogP contribution in [0.3, 0.4) is 0 Å². The highest BCUT2D eigenvalue weighted by Gasteiger charge is 2.46. The SMILES string of the molecule is O=c1ccn([C@H]2O[C@@H](COP(=O)(O)OP(=O)(O)OP(=O)(O)O)C(O)C2O)c(=S)[nH]1. The number of aromatic nitrogens is 2. The number of nitrogens with zero attached hydrogens (tertiary/aromatic N) is 1. The minimum absolute atomic E-state index is 0.165. The van der Waals surface area contributed by atoms with Crippen LogP contribution >= 0.6 is 35.7 Å². The number of nitrogens with one attached hydrogen (secondary N) is 1. The second-order valence-corrected chi connectivity index (χ2v) is 10.3. The van der Waals surface area contributed by atoms with Gasteiger partial charge in [-0.1, -0.05) is 0 Å². The molecule has 1 aromatic heterocycles. The van der Waals surface area contributed by atoms with E-state index in [4.69, 9.17) is 31.6 Å². The van der Waals surface area contributed by atoms with Crippen molar-refractivity contribution >= 4 is 35.7 Å². The Labute approximate surface area is 165 Å². The average molecular weight is 500 g/mol. The highest BCUT2D eigenvalue weighted by atomic mass is 32.1. The Kier molecular flexibility index (Phi) is 7.54. The average Bonchev–Trinajstić information content (AvgIpc) is 2.78. The van der Waals surface area contributed by atoms with Gasteiger partial charge in [-0.3, -0.25) is 18.9 Å². The van der Waals surface area contributed by atoms with Crippen molar-refractivity contribution in [2.45, 2.75) is 24.5 Å². The first-order valence-corrected chi connectivity index (χ1v) is 12.1. The summed E-state index contributed by atoms with van der Waals surface area (Å²) in [6, 6.07) is 1.05. The fourth-order valence-electron chi connectivity index (χ4n) is 2.20. The zero-order valence-electron chi connectivity index (χ0n) is 13.8. The summed E-state index contributed by atoms with van der Waals surface area (Å²) in [6.45, 7) is -0.977. The van der Waals surface area contributed by atoms with E-state index in [1.807, 2.05) is 0 Å². The summed E-state index contributed by atoms with van der Waals surface area (Å²) in [5.41, 5.74) is -0.538. The summed E-state index contributed by atoms with van der Waals surface area (Å²) in [5, 5.41) is 20.1. The number of rotatable bonds is 8. The van der Waals surface area contributed by atoms with Crippen molar-refractivity contribution in [3.05, 3.63) is 27.4 Å². The van der Waals surface area contributed by atoms with Gasteiger partial charge in [0.05, 0.1) is 6.61 Å². The van der Waals surface area contributed by atoms with Gasteiger partial charge >= 0.3 is 23.5 Å². The number of aliphatic hydroxyl groups is 2. The van der Waals surface area contributed by atoms with Gasteiger partial charge in [0, 0.05) is 12.3 Å². The van der Waals surface area contributed by atoms with Gasteiger partial charge in [-0.05, 0) is 12.2 Å². The number of hydrogen-bond donors (Lipinski definition) is 7. The van der Waals surface area contributed by atoms with E-state index in [1.165, 1.54) is 0 Å². The molecular formula is C9H15N2O14P3S. The predicted molar refractivity (Wildman–Crippen MR) is 91.6 cm³/mol. The molecule has 166 valence electrons. The van der Waals surface area contributed by atoms with E-state index in [9.17, 15) is 33.6 Å². The molecule has 1 aromatic rings. The molecule has 7 N–H and O–H groups in total. The number of hydrogen-bond acceptors (Lipinski definition) is 11. The monoisotopic (exact) mass is 500 g/mol. The third-order valence-electron chi connectivity index (χ3n) is 3.28. The lowest BCUT2D eigenvalue weighted by Gasteiger charge is -2.19. The Morgan fingerprint density at radius 2 is 1.72 bits per heavy atom. The minimum atomic E-state index is -5.70. The van der Waals surface area contributed by atoms with Gasteiger partial charge in [0.1, 0.15) is 18.3 Å². The third kappa shape index (κ3) is 6.95. The molecule has 16 nitrogen and oxygen atoms in total. The summed E-state index contributed by atoms with van der Waals surface area (Å²) in [6.07, 6.45) is -4.97. The lowest BCUT2D eigenvalue weighted by Crippen LogP contribution is -2.34. The molecule has 29 heavy (non-hydrogen) atoms. The zero-order valence-corrected chi connectivity index (χ0v) is 17.3. The third-order valence-corrected chi connectivity index (χ3v) is 7.40. The first-order valence-electron chi connectivity index (χ1n) is 7.22. The lowest BCUT2D eigenvalue weighted by molar-refractivity contribution is -0.0533. The van der Waals surface area contributed by atoms with Crippen molar-refractivity contribution in [3.8, 4) is 0 Å². The van der Waals surface area contributed by atoms with Crippen LogP contribution in [0.1, 0.15) is 6.23 Å². The van der Waals surface area contributed by atoms with Crippen LogP contribution in [0.25, 0.3) is 0 Å². The van der Waals surface area contributed by atoms with Gasteiger partial charge < -0.3 is 34.5 Å². The zero-order chi connectivity index (χ0) is 22.2. The van der Waals surface area contributed by atoms with Gasteiger partial charge in [-0.25, -0.2) is 13.7 Å². The summed E-state index contributed by atoms with van der Waals surface area (Å²) in [4.78, 5) is 48.8. The molecule has 0 spiro atoms. The van der Waals surface area contributed by atoms with E-state index < -0.39 is 60.2 Å². The molecule has 0 aliphatic carbocycles. The maximum atomic E-state index is 11.7. The highest BCUT2D eigenvalue weighted by molar-refractivity contribution is 7.71. The van der Waals surface area contributed by atoms with Crippen LogP contribution in [0.5, 0.6) is 0 Å². The molecule has 0 radical (unpaired) electrons. The predicted octanol–water partition coefficient (Wildman–Crippen LogP) is -1.13. The first-order chi connectivity index (χ1) is 13.1. The molecule has 6 atom stereocenters.